The molecule has 18 heavy (non-hydrogen) atoms. The van der Waals surface area contributed by atoms with E-state index in [9.17, 15) is 0 Å². The van der Waals surface area contributed by atoms with E-state index in [-0.39, 0.29) is 5.54 Å². The molecule has 0 saturated heterocycles. The topological polar surface area (TPSA) is 12.0 Å². The van der Waals surface area contributed by atoms with Gasteiger partial charge < -0.3 is 5.32 Å². The van der Waals surface area contributed by atoms with Crippen LogP contribution in [0.25, 0.3) is 0 Å². The number of hydrogen-bond acceptors (Lipinski definition) is 1. The van der Waals surface area contributed by atoms with E-state index in [2.05, 4.69) is 75.5 Å². The zero-order valence-corrected chi connectivity index (χ0v) is 11.8. The van der Waals surface area contributed by atoms with E-state index in [0.717, 1.165) is 6.54 Å². The van der Waals surface area contributed by atoms with E-state index in [1.807, 2.05) is 0 Å². The van der Waals surface area contributed by atoms with E-state index in [4.69, 9.17) is 0 Å². The summed E-state index contributed by atoms with van der Waals surface area (Å²) in [4.78, 5) is 0. The van der Waals surface area contributed by atoms with Crippen LogP contribution in [0.15, 0.2) is 48.1 Å². The molecule has 96 valence electrons. The lowest BCUT2D eigenvalue weighted by Crippen LogP contribution is -2.35. The third-order valence-corrected chi connectivity index (χ3v) is 3.35. The predicted octanol–water partition coefficient (Wildman–Crippen LogP) is 4.17. The minimum absolute atomic E-state index is 0.156. The van der Waals surface area contributed by atoms with Gasteiger partial charge in [-0.25, -0.2) is 0 Å². The Hall–Kier alpha value is -1.34. The highest BCUT2D eigenvalue weighted by Crippen LogP contribution is 2.32. The molecule has 0 spiro atoms. The van der Waals surface area contributed by atoms with Crippen molar-refractivity contribution in [1.82, 2.24) is 5.32 Å². The third kappa shape index (κ3) is 3.11. The van der Waals surface area contributed by atoms with Crippen molar-refractivity contribution in [3.05, 3.63) is 59.2 Å². The van der Waals surface area contributed by atoms with Gasteiger partial charge in [-0.15, -0.1) is 0 Å². The van der Waals surface area contributed by atoms with Crippen molar-refractivity contribution in [2.45, 2.75) is 45.7 Å². The fourth-order valence-electron chi connectivity index (χ4n) is 2.28. The number of rotatable bonds is 3. The van der Waals surface area contributed by atoms with Gasteiger partial charge in [-0.1, -0.05) is 48.1 Å². The highest BCUT2D eigenvalue weighted by Gasteiger charge is 2.17. The molecule has 0 aliphatic heterocycles. The maximum absolute atomic E-state index is 3.57. The highest BCUT2D eigenvalue weighted by atomic mass is 14.9. The first-order valence-electron chi connectivity index (χ1n) is 6.65. The second kappa shape index (κ2) is 5.11. The lowest BCUT2D eigenvalue weighted by Gasteiger charge is -2.23. The maximum Gasteiger partial charge on any atom is 0.0234 e. The summed E-state index contributed by atoms with van der Waals surface area (Å²) in [6.45, 7) is 9.75. The van der Waals surface area contributed by atoms with Gasteiger partial charge in [-0.05, 0) is 38.8 Å². The predicted molar refractivity (Wildman–Crippen MR) is 78.7 cm³/mol. The number of allylic oxidation sites excluding steroid dienone is 4. The highest BCUT2D eigenvalue weighted by molar-refractivity contribution is 5.43. The van der Waals surface area contributed by atoms with Gasteiger partial charge in [0.05, 0.1) is 0 Å². The molecule has 1 aliphatic rings. The number of hydrogen-bond donors (Lipinski definition) is 1. The summed E-state index contributed by atoms with van der Waals surface area (Å²) in [7, 11) is 0. The van der Waals surface area contributed by atoms with E-state index in [0.29, 0.717) is 5.92 Å². The van der Waals surface area contributed by atoms with Crippen molar-refractivity contribution < 1.29 is 0 Å². The fourth-order valence-corrected chi connectivity index (χ4v) is 2.28. The fraction of sp³-hybridized carbons (Fsp3) is 0.412. The molecule has 0 radical (unpaired) electrons. The van der Waals surface area contributed by atoms with Gasteiger partial charge >= 0.3 is 0 Å². The average Bonchev–Trinajstić information content (AvgIpc) is 2.72. The molecule has 0 saturated carbocycles. The van der Waals surface area contributed by atoms with Crippen LogP contribution in [-0.4, -0.2) is 5.54 Å². The van der Waals surface area contributed by atoms with Crippen LogP contribution >= 0.6 is 0 Å². The summed E-state index contributed by atoms with van der Waals surface area (Å²) in [5.41, 5.74) is 4.41. The zero-order valence-electron chi connectivity index (χ0n) is 11.8. The molecule has 0 heterocycles. The Kier molecular flexibility index (Phi) is 3.72. The molecule has 1 unspecified atom stereocenters. The van der Waals surface area contributed by atoms with E-state index >= 15 is 0 Å². The minimum Gasteiger partial charge on any atom is -0.308 e. The zero-order chi connectivity index (χ0) is 13.2. The first-order valence-corrected chi connectivity index (χ1v) is 6.65. The molecule has 0 fully saturated rings. The number of nitrogens with one attached hydrogen (secondary N) is 1. The van der Waals surface area contributed by atoms with Gasteiger partial charge in [0.15, 0.2) is 0 Å². The second-order valence-electron chi connectivity index (χ2n) is 6.08. The Bertz CT molecular complexity index is 475. The maximum atomic E-state index is 3.57. The van der Waals surface area contributed by atoms with Crippen molar-refractivity contribution in [2.24, 2.45) is 0 Å². The summed E-state index contributed by atoms with van der Waals surface area (Å²) in [6.07, 6.45) is 6.65. The van der Waals surface area contributed by atoms with Crippen molar-refractivity contribution in [3.8, 4) is 0 Å². The first kappa shape index (κ1) is 13.1. The SMILES string of the molecule is CC1=CC=CC1c1ccccc1CNC(C)(C)C. The van der Waals surface area contributed by atoms with E-state index in [1.54, 1.807) is 0 Å². The molecule has 2 rings (SSSR count). The summed E-state index contributed by atoms with van der Waals surface area (Å²) < 4.78 is 0. The van der Waals surface area contributed by atoms with Crippen LogP contribution < -0.4 is 5.32 Å². The molecular formula is C17H23N. The summed E-state index contributed by atoms with van der Waals surface area (Å²) in [5, 5.41) is 3.57. The Balaban J connectivity index is 2.21. The smallest absolute Gasteiger partial charge is 0.0234 e. The molecule has 1 aromatic rings. The molecule has 1 nitrogen and oxygen atoms in total. The van der Waals surface area contributed by atoms with Gasteiger partial charge in [0.2, 0.25) is 0 Å². The van der Waals surface area contributed by atoms with Crippen LogP contribution in [0.2, 0.25) is 0 Å². The van der Waals surface area contributed by atoms with Gasteiger partial charge in [-0.3, -0.25) is 0 Å². The van der Waals surface area contributed by atoms with Gasteiger partial charge in [-0.2, -0.15) is 0 Å². The van der Waals surface area contributed by atoms with E-state index in [1.165, 1.54) is 16.7 Å². The van der Waals surface area contributed by atoms with Crippen molar-refractivity contribution in [3.63, 3.8) is 0 Å². The molecule has 0 amide bonds. The van der Waals surface area contributed by atoms with Crippen LogP contribution in [0.1, 0.15) is 44.7 Å². The molecule has 1 N–H and O–H groups in total. The summed E-state index contributed by atoms with van der Waals surface area (Å²) in [5.74, 6) is 0.461. The Morgan fingerprint density at radius 3 is 2.50 bits per heavy atom. The van der Waals surface area contributed by atoms with Crippen LogP contribution in [0.3, 0.4) is 0 Å². The monoisotopic (exact) mass is 241 g/mol. The molecular weight excluding hydrogens is 218 g/mol. The molecule has 0 bridgehead atoms. The lowest BCUT2D eigenvalue weighted by molar-refractivity contribution is 0.423. The second-order valence-corrected chi connectivity index (χ2v) is 6.08. The molecule has 0 aromatic heterocycles. The van der Waals surface area contributed by atoms with E-state index < -0.39 is 0 Å². The molecule has 1 aromatic carbocycles. The normalized spacial score (nSPS) is 19.1. The van der Waals surface area contributed by atoms with Crippen LogP contribution in [-0.2, 0) is 6.54 Å². The van der Waals surface area contributed by atoms with Gasteiger partial charge in [0.1, 0.15) is 0 Å². The Morgan fingerprint density at radius 2 is 1.89 bits per heavy atom. The third-order valence-electron chi connectivity index (χ3n) is 3.35. The minimum atomic E-state index is 0.156. The summed E-state index contributed by atoms with van der Waals surface area (Å²) in [6, 6.07) is 8.74. The molecule has 1 aliphatic carbocycles. The standard InChI is InChI=1S/C17H23N/c1-13-8-7-11-15(13)16-10-6-5-9-14(16)12-18-17(2,3)4/h5-11,15,18H,12H2,1-4H3. The van der Waals surface area contributed by atoms with Crippen molar-refractivity contribution in [1.29, 1.82) is 0 Å². The lowest BCUT2D eigenvalue weighted by atomic mass is 9.90. The molecule has 1 heteroatoms. The number of benzene rings is 1. The van der Waals surface area contributed by atoms with Gasteiger partial charge in [0.25, 0.3) is 0 Å². The average molecular weight is 241 g/mol. The van der Waals surface area contributed by atoms with Crippen LogP contribution in [0.4, 0.5) is 0 Å². The Labute approximate surface area is 111 Å². The van der Waals surface area contributed by atoms with Crippen LogP contribution in [0, 0.1) is 0 Å². The largest absolute Gasteiger partial charge is 0.308 e. The quantitative estimate of drug-likeness (QED) is 0.837. The van der Waals surface area contributed by atoms with Crippen molar-refractivity contribution in [2.75, 3.05) is 0 Å². The summed E-state index contributed by atoms with van der Waals surface area (Å²) >= 11 is 0. The Morgan fingerprint density at radius 1 is 1.17 bits per heavy atom. The van der Waals surface area contributed by atoms with Crippen LogP contribution in [0.5, 0.6) is 0 Å². The van der Waals surface area contributed by atoms with Gasteiger partial charge in [0, 0.05) is 18.0 Å². The van der Waals surface area contributed by atoms with Crippen molar-refractivity contribution >= 4 is 0 Å². The first-order chi connectivity index (χ1) is 8.47. The molecule has 1 atom stereocenters.